The second kappa shape index (κ2) is 26.2. The van der Waals surface area contributed by atoms with Crippen LogP contribution in [0.3, 0.4) is 0 Å². The molecule has 0 aliphatic carbocycles. The Hall–Kier alpha value is -3.62. The standard InChI is InChI=1S/C44H66O8/c1-7-11-13-15-17-21-39-35(19-9-3)37(23-25-41(39)49-27-29-51-43(47)33(5)31-45)38-24-26-42(50-28-30-52-44(48)34(6)32-46)40(36(38)20-10-4)22-18-16-14-12-8-2/h23-26,45-46H,5-22,27-32H2,1-4H3. The normalized spacial score (nSPS) is 11.0. The Morgan fingerprint density at radius 2 is 0.885 bits per heavy atom. The maximum atomic E-state index is 12.0. The molecule has 0 bridgehead atoms. The molecule has 0 amide bonds. The van der Waals surface area contributed by atoms with Gasteiger partial charge < -0.3 is 29.2 Å². The summed E-state index contributed by atoms with van der Waals surface area (Å²) in [6.45, 7) is 15.6. The molecule has 0 aliphatic heterocycles. The average Bonchev–Trinajstić information content (AvgIpc) is 3.15. The van der Waals surface area contributed by atoms with Crippen LogP contribution in [0.15, 0.2) is 48.6 Å². The number of carbonyl (C=O) groups is 2. The number of carbonyl (C=O) groups excluding carboxylic acids is 2. The van der Waals surface area contributed by atoms with Gasteiger partial charge in [-0.05, 0) is 84.0 Å². The van der Waals surface area contributed by atoms with Gasteiger partial charge in [0, 0.05) is 0 Å². The molecule has 2 aromatic rings. The molecule has 2 N–H and O–H groups in total. The first-order valence-electron chi connectivity index (χ1n) is 19.7. The molecule has 0 spiro atoms. The summed E-state index contributed by atoms with van der Waals surface area (Å²) >= 11 is 0. The fraction of sp³-hybridized carbons (Fsp3) is 0.591. The van der Waals surface area contributed by atoms with Crippen molar-refractivity contribution in [3.63, 3.8) is 0 Å². The van der Waals surface area contributed by atoms with Crippen molar-refractivity contribution in [1.29, 1.82) is 0 Å². The molecule has 0 unspecified atom stereocenters. The summed E-state index contributed by atoms with van der Waals surface area (Å²) in [5.74, 6) is 0.419. The van der Waals surface area contributed by atoms with Crippen LogP contribution in [0.2, 0.25) is 0 Å². The second-order valence-corrected chi connectivity index (χ2v) is 13.5. The summed E-state index contributed by atoms with van der Waals surface area (Å²) in [5, 5.41) is 18.4. The number of hydrogen-bond donors (Lipinski definition) is 2. The zero-order valence-electron chi connectivity index (χ0n) is 32.6. The number of aliphatic hydroxyl groups excluding tert-OH is 2. The lowest BCUT2D eigenvalue weighted by Gasteiger charge is -2.24. The number of unbranched alkanes of at least 4 members (excludes halogenated alkanes) is 8. The first-order chi connectivity index (χ1) is 25.3. The Morgan fingerprint density at radius 3 is 1.23 bits per heavy atom. The molecular formula is C44H66O8. The quantitative estimate of drug-likeness (QED) is 0.0486. The average molecular weight is 723 g/mol. The lowest BCUT2D eigenvalue weighted by Crippen LogP contribution is -2.16. The van der Waals surface area contributed by atoms with E-state index >= 15 is 0 Å². The number of esters is 2. The van der Waals surface area contributed by atoms with Gasteiger partial charge in [0.1, 0.15) is 37.9 Å². The van der Waals surface area contributed by atoms with Crippen molar-refractivity contribution < 1.29 is 38.7 Å². The van der Waals surface area contributed by atoms with E-state index in [1.807, 2.05) is 0 Å². The molecule has 0 aliphatic rings. The molecule has 0 saturated heterocycles. The molecule has 290 valence electrons. The van der Waals surface area contributed by atoms with Gasteiger partial charge in [-0.3, -0.25) is 0 Å². The lowest BCUT2D eigenvalue weighted by atomic mass is 9.84. The Kier molecular flexibility index (Phi) is 22.4. The van der Waals surface area contributed by atoms with Gasteiger partial charge in [-0.1, -0.05) is 117 Å². The smallest absolute Gasteiger partial charge is 0.335 e. The largest absolute Gasteiger partial charge is 0.490 e. The number of hydrogen-bond acceptors (Lipinski definition) is 8. The predicted octanol–water partition coefficient (Wildman–Crippen LogP) is 9.23. The highest BCUT2D eigenvalue weighted by Crippen LogP contribution is 2.40. The van der Waals surface area contributed by atoms with Crippen LogP contribution >= 0.6 is 0 Å². The van der Waals surface area contributed by atoms with E-state index in [-0.39, 0.29) is 37.6 Å². The van der Waals surface area contributed by atoms with Gasteiger partial charge >= 0.3 is 11.9 Å². The molecule has 0 fully saturated rings. The Balaban J connectivity index is 2.57. The summed E-state index contributed by atoms with van der Waals surface area (Å²) in [6, 6.07) is 8.52. The van der Waals surface area contributed by atoms with E-state index in [1.165, 1.54) is 71.9 Å². The molecular weight excluding hydrogens is 656 g/mol. The van der Waals surface area contributed by atoms with Gasteiger partial charge in [0.05, 0.1) is 24.4 Å². The fourth-order valence-electron chi connectivity index (χ4n) is 6.45. The van der Waals surface area contributed by atoms with E-state index in [9.17, 15) is 19.8 Å². The van der Waals surface area contributed by atoms with Crippen LogP contribution in [-0.2, 0) is 44.7 Å². The highest BCUT2D eigenvalue weighted by atomic mass is 16.6. The number of benzene rings is 2. The molecule has 0 aromatic heterocycles. The summed E-state index contributed by atoms with van der Waals surface area (Å²) in [4.78, 5) is 24.1. The van der Waals surface area contributed by atoms with E-state index in [0.717, 1.165) is 75.7 Å². The molecule has 8 nitrogen and oxygen atoms in total. The third-order valence-electron chi connectivity index (χ3n) is 9.23. The van der Waals surface area contributed by atoms with Gasteiger partial charge in [-0.15, -0.1) is 0 Å². The van der Waals surface area contributed by atoms with Crippen LogP contribution in [0.25, 0.3) is 11.1 Å². The van der Waals surface area contributed by atoms with Crippen molar-refractivity contribution in [2.75, 3.05) is 39.6 Å². The molecule has 0 heterocycles. The van der Waals surface area contributed by atoms with E-state index in [4.69, 9.17) is 18.9 Å². The molecule has 52 heavy (non-hydrogen) atoms. The maximum absolute atomic E-state index is 12.0. The maximum Gasteiger partial charge on any atom is 0.335 e. The molecule has 8 heteroatoms. The summed E-state index contributed by atoms with van der Waals surface area (Å²) in [5.41, 5.74) is 7.54. The van der Waals surface area contributed by atoms with Crippen LogP contribution in [0, 0.1) is 0 Å². The Bertz CT molecular complexity index is 1290. The van der Waals surface area contributed by atoms with Crippen LogP contribution in [0.4, 0.5) is 0 Å². The van der Waals surface area contributed by atoms with Gasteiger partial charge in [-0.25, -0.2) is 9.59 Å². The molecule has 2 aromatic carbocycles. The highest BCUT2D eigenvalue weighted by molar-refractivity contribution is 5.88. The summed E-state index contributed by atoms with van der Waals surface area (Å²) in [7, 11) is 0. The van der Waals surface area contributed by atoms with E-state index in [2.05, 4.69) is 65.1 Å². The molecule has 0 atom stereocenters. The van der Waals surface area contributed by atoms with Crippen molar-refractivity contribution >= 4 is 11.9 Å². The van der Waals surface area contributed by atoms with Gasteiger partial charge in [0.2, 0.25) is 0 Å². The number of rotatable bonds is 29. The number of aliphatic hydroxyl groups is 2. The first-order valence-corrected chi connectivity index (χ1v) is 19.7. The van der Waals surface area contributed by atoms with Gasteiger partial charge in [0.15, 0.2) is 0 Å². The SMILES string of the molecule is C=C(CO)C(=O)OCCOc1ccc(-c2ccc(OCCOC(=O)C(=C)CO)c(CCCCCCC)c2CCC)c(CCC)c1CCCCCCC. The van der Waals surface area contributed by atoms with Crippen molar-refractivity contribution in [2.45, 2.75) is 130 Å². The van der Waals surface area contributed by atoms with E-state index in [0.29, 0.717) is 0 Å². The third kappa shape index (κ3) is 14.8. The van der Waals surface area contributed by atoms with Crippen molar-refractivity contribution in [1.82, 2.24) is 0 Å². The fourth-order valence-corrected chi connectivity index (χ4v) is 6.45. The zero-order chi connectivity index (χ0) is 38.1. The minimum absolute atomic E-state index is 0.0229. The topological polar surface area (TPSA) is 112 Å². The monoisotopic (exact) mass is 722 g/mol. The van der Waals surface area contributed by atoms with Crippen molar-refractivity contribution in [3.05, 3.63) is 70.8 Å². The van der Waals surface area contributed by atoms with Crippen LogP contribution in [0.1, 0.15) is 127 Å². The summed E-state index contributed by atoms with van der Waals surface area (Å²) in [6.07, 6.45) is 17.3. The van der Waals surface area contributed by atoms with Crippen molar-refractivity contribution in [2.24, 2.45) is 0 Å². The minimum Gasteiger partial charge on any atom is -0.490 e. The third-order valence-corrected chi connectivity index (χ3v) is 9.23. The predicted molar refractivity (Wildman–Crippen MR) is 210 cm³/mol. The van der Waals surface area contributed by atoms with Crippen LogP contribution < -0.4 is 9.47 Å². The van der Waals surface area contributed by atoms with Gasteiger partial charge in [-0.2, -0.15) is 0 Å². The Morgan fingerprint density at radius 1 is 0.500 bits per heavy atom. The van der Waals surface area contributed by atoms with E-state index < -0.39 is 25.2 Å². The summed E-state index contributed by atoms with van der Waals surface area (Å²) < 4.78 is 23.1. The highest BCUT2D eigenvalue weighted by Gasteiger charge is 2.21. The Labute approximate surface area is 313 Å². The zero-order valence-corrected chi connectivity index (χ0v) is 32.6. The van der Waals surface area contributed by atoms with E-state index in [1.54, 1.807) is 0 Å². The first kappa shape index (κ1) is 44.5. The molecule has 2 rings (SSSR count). The molecule has 0 radical (unpaired) electrons. The second-order valence-electron chi connectivity index (χ2n) is 13.5. The number of ether oxygens (including phenoxy) is 4. The lowest BCUT2D eigenvalue weighted by molar-refractivity contribution is -0.141. The van der Waals surface area contributed by atoms with Gasteiger partial charge in [0.25, 0.3) is 0 Å². The minimum atomic E-state index is -0.616. The van der Waals surface area contributed by atoms with Crippen LogP contribution in [-0.4, -0.2) is 61.8 Å². The molecule has 0 saturated carbocycles. The van der Waals surface area contributed by atoms with Crippen LogP contribution in [0.5, 0.6) is 11.5 Å². The van der Waals surface area contributed by atoms with Crippen molar-refractivity contribution in [3.8, 4) is 22.6 Å².